The van der Waals surface area contributed by atoms with Gasteiger partial charge in [-0.2, -0.15) is 0 Å². The maximum atomic E-state index is 11.5. The Morgan fingerprint density at radius 1 is 1.13 bits per heavy atom. The summed E-state index contributed by atoms with van der Waals surface area (Å²) in [5.41, 5.74) is 0. The number of esters is 2. The highest BCUT2D eigenvalue weighted by Gasteiger charge is 2.49. The molecule has 0 aliphatic carbocycles. The number of hydrogen-bond donors (Lipinski definition) is 2. The van der Waals surface area contributed by atoms with E-state index in [-0.39, 0.29) is 5.91 Å². The monoisotopic (exact) mass is 329 g/mol. The molecule has 0 unspecified atom stereocenters. The molecule has 0 aromatic heterocycles. The van der Waals surface area contributed by atoms with Gasteiger partial charge in [-0.25, -0.2) is 0 Å². The van der Waals surface area contributed by atoms with Crippen molar-refractivity contribution in [3.63, 3.8) is 0 Å². The lowest BCUT2D eigenvalue weighted by Crippen LogP contribution is -2.65. The fourth-order valence-corrected chi connectivity index (χ4v) is 2.60. The molecule has 0 aromatic rings. The van der Waals surface area contributed by atoms with Crippen molar-refractivity contribution < 1.29 is 33.7 Å². The van der Waals surface area contributed by atoms with E-state index in [1.54, 1.807) is 6.08 Å². The largest absolute Gasteiger partial charge is 0.456 e. The molecule has 0 bridgehead atoms. The van der Waals surface area contributed by atoms with Crippen LogP contribution in [0.15, 0.2) is 12.7 Å². The fourth-order valence-electron chi connectivity index (χ4n) is 2.60. The second-order valence-corrected chi connectivity index (χ2v) is 5.29. The van der Waals surface area contributed by atoms with Gasteiger partial charge in [0.15, 0.2) is 12.2 Å². The van der Waals surface area contributed by atoms with E-state index in [2.05, 4.69) is 11.9 Å². The molecule has 130 valence electrons. The summed E-state index contributed by atoms with van der Waals surface area (Å²) in [6.45, 7) is 6.91. The third-order valence-electron chi connectivity index (χ3n) is 3.35. The van der Waals surface area contributed by atoms with Crippen molar-refractivity contribution in [3.05, 3.63) is 12.7 Å². The molecule has 0 spiro atoms. The Morgan fingerprint density at radius 2 is 1.70 bits per heavy atom. The quantitative estimate of drug-likeness (QED) is 0.508. The summed E-state index contributed by atoms with van der Waals surface area (Å²) >= 11 is 0. The molecule has 1 aliphatic rings. The molecular weight excluding hydrogens is 306 g/mol. The number of aliphatic hydroxyl groups is 1. The van der Waals surface area contributed by atoms with Crippen LogP contribution in [0.2, 0.25) is 0 Å². The molecule has 1 saturated heterocycles. The smallest absolute Gasteiger partial charge is 0.303 e. The minimum Gasteiger partial charge on any atom is -0.456 e. The van der Waals surface area contributed by atoms with Gasteiger partial charge in [-0.15, -0.1) is 6.58 Å². The molecule has 23 heavy (non-hydrogen) atoms. The number of hydrogen-bond acceptors (Lipinski definition) is 7. The number of rotatable bonds is 6. The first-order valence-electron chi connectivity index (χ1n) is 7.28. The molecular formula is C15H23NO7. The second kappa shape index (κ2) is 8.64. The molecule has 0 saturated carbocycles. The minimum atomic E-state index is -1.03. The van der Waals surface area contributed by atoms with Crippen molar-refractivity contribution in [1.29, 1.82) is 0 Å². The van der Waals surface area contributed by atoms with Gasteiger partial charge in [0.1, 0.15) is 6.10 Å². The van der Waals surface area contributed by atoms with E-state index >= 15 is 0 Å². The maximum absolute atomic E-state index is 11.5. The van der Waals surface area contributed by atoms with Gasteiger partial charge in [-0.1, -0.05) is 6.08 Å². The molecule has 0 radical (unpaired) electrons. The zero-order valence-corrected chi connectivity index (χ0v) is 13.5. The van der Waals surface area contributed by atoms with Crippen LogP contribution in [0, 0.1) is 0 Å². The van der Waals surface area contributed by atoms with Crippen molar-refractivity contribution in [3.8, 4) is 0 Å². The molecule has 1 rings (SSSR count). The highest BCUT2D eigenvalue weighted by atomic mass is 16.6. The van der Waals surface area contributed by atoms with Gasteiger partial charge in [0.25, 0.3) is 0 Å². The Bertz CT molecular complexity index is 465. The normalized spacial score (nSPS) is 30.2. The van der Waals surface area contributed by atoms with Crippen LogP contribution >= 0.6 is 0 Å². The molecule has 1 aliphatic heterocycles. The summed E-state index contributed by atoms with van der Waals surface area (Å²) in [7, 11) is 0. The van der Waals surface area contributed by atoms with Crippen molar-refractivity contribution >= 4 is 17.8 Å². The Balaban J connectivity index is 3.19. The van der Waals surface area contributed by atoms with E-state index in [4.69, 9.17) is 14.2 Å². The SMILES string of the molecule is C=CC[C@@H]1O[C@H](CO)[C@@H](OC(C)=O)[C@H](OC(C)=O)[C@@H]1NC(C)=O. The standard InChI is InChI=1S/C15H23NO7/c1-5-6-11-13(16-8(2)18)15(22-10(4)20)14(21-9(3)19)12(7-17)23-11/h5,11-15,17H,1,6-7H2,2-4H3,(H,16,18)/t11-,12+,13+,14+,15+/m0/s1. The molecule has 0 aromatic carbocycles. The Labute approximate surface area is 134 Å². The fraction of sp³-hybridized carbons (Fsp3) is 0.667. The number of carbonyl (C=O) groups is 3. The topological polar surface area (TPSA) is 111 Å². The highest BCUT2D eigenvalue weighted by Crippen LogP contribution is 2.28. The lowest BCUT2D eigenvalue weighted by Gasteiger charge is -2.45. The number of aliphatic hydroxyl groups excluding tert-OH is 1. The molecule has 1 amide bonds. The summed E-state index contributed by atoms with van der Waals surface area (Å²) in [5, 5.41) is 12.2. The first-order chi connectivity index (χ1) is 10.8. The van der Waals surface area contributed by atoms with Gasteiger partial charge in [-0.05, 0) is 6.42 Å². The van der Waals surface area contributed by atoms with Crippen LogP contribution in [0.5, 0.6) is 0 Å². The third kappa shape index (κ3) is 5.33. The van der Waals surface area contributed by atoms with Crippen LogP contribution in [-0.2, 0) is 28.6 Å². The van der Waals surface area contributed by atoms with E-state index in [1.165, 1.54) is 20.8 Å². The number of amides is 1. The second-order valence-electron chi connectivity index (χ2n) is 5.29. The zero-order valence-electron chi connectivity index (χ0n) is 13.5. The number of nitrogens with one attached hydrogen (secondary N) is 1. The highest BCUT2D eigenvalue weighted by molar-refractivity contribution is 5.73. The number of carbonyl (C=O) groups excluding carboxylic acids is 3. The summed E-state index contributed by atoms with van der Waals surface area (Å²) in [4.78, 5) is 34.3. The zero-order chi connectivity index (χ0) is 17.6. The van der Waals surface area contributed by atoms with Crippen LogP contribution in [-0.4, -0.2) is 60.0 Å². The van der Waals surface area contributed by atoms with Crippen molar-refractivity contribution in [2.45, 2.75) is 57.6 Å². The van der Waals surface area contributed by atoms with Gasteiger partial charge in [-0.3, -0.25) is 14.4 Å². The molecule has 2 N–H and O–H groups in total. The van der Waals surface area contributed by atoms with Crippen LogP contribution in [0.4, 0.5) is 0 Å². The van der Waals surface area contributed by atoms with Crippen molar-refractivity contribution in [1.82, 2.24) is 5.32 Å². The predicted octanol–water partition coefficient (Wildman–Crippen LogP) is -0.310. The third-order valence-corrected chi connectivity index (χ3v) is 3.35. The van der Waals surface area contributed by atoms with Gasteiger partial charge in [0, 0.05) is 20.8 Å². The molecule has 8 nitrogen and oxygen atoms in total. The van der Waals surface area contributed by atoms with Gasteiger partial charge >= 0.3 is 11.9 Å². The summed E-state index contributed by atoms with van der Waals surface area (Å²) in [6.07, 6.45) is -1.52. The first-order valence-corrected chi connectivity index (χ1v) is 7.28. The Kier molecular flexibility index (Phi) is 7.18. The summed E-state index contributed by atoms with van der Waals surface area (Å²) < 4.78 is 16.1. The Hall–Kier alpha value is -1.93. The van der Waals surface area contributed by atoms with Crippen LogP contribution < -0.4 is 5.32 Å². The van der Waals surface area contributed by atoms with Gasteiger partial charge in [0.05, 0.1) is 18.8 Å². The van der Waals surface area contributed by atoms with Crippen LogP contribution in [0.3, 0.4) is 0 Å². The number of ether oxygens (including phenoxy) is 3. The predicted molar refractivity (Wildman–Crippen MR) is 79.3 cm³/mol. The Morgan fingerprint density at radius 3 is 2.13 bits per heavy atom. The van der Waals surface area contributed by atoms with Gasteiger partial charge < -0.3 is 24.6 Å². The average molecular weight is 329 g/mol. The van der Waals surface area contributed by atoms with Crippen LogP contribution in [0.25, 0.3) is 0 Å². The van der Waals surface area contributed by atoms with Crippen LogP contribution in [0.1, 0.15) is 27.2 Å². The van der Waals surface area contributed by atoms with E-state index in [9.17, 15) is 19.5 Å². The average Bonchev–Trinajstić information content (AvgIpc) is 2.43. The molecule has 8 heteroatoms. The lowest BCUT2D eigenvalue weighted by atomic mass is 9.90. The lowest BCUT2D eigenvalue weighted by molar-refractivity contribution is -0.220. The van der Waals surface area contributed by atoms with E-state index in [0.717, 1.165) is 0 Å². The van der Waals surface area contributed by atoms with E-state index in [0.29, 0.717) is 6.42 Å². The van der Waals surface area contributed by atoms with Crippen molar-refractivity contribution in [2.24, 2.45) is 0 Å². The molecule has 5 atom stereocenters. The van der Waals surface area contributed by atoms with Crippen molar-refractivity contribution in [2.75, 3.05) is 6.61 Å². The minimum absolute atomic E-state index is 0.353. The first kappa shape index (κ1) is 19.1. The van der Waals surface area contributed by atoms with E-state index in [1.807, 2.05) is 0 Å². The van der Waals surface area contributed by atoms with Gasteiger partial charge in [0.2, 0.25) is 5.91 Å². The summed E-state index contributed by atoms with van der Waals surface area (Å²) in [5.74, 6) is -1.56. The maximum Gasteiger partial charge on any atom is 0.303 e. The van der Waals surface area contributed by atoms with E-state index < -0.39 is 49.0 Å². The molecule has 1 fully saturated rings. The summed E-state index contributed by atoms with van der Waals surface area (Å²) in [6, 6.07) is -0.735. The molecule has 1 heterocycles.